The Labute approximate surface area is 211 Å². The second kappa shape index (κ2) is 12.7. The summed E-state index contributed by atoms with van der Waals surface area (Å²) in [6.45, 7) is 0.223. The maximum Gasteiger partial charge on any atom is 0.240 e. The molecule has 0 aliphatic heterocycles. The first kappa shape index (κ1) is 26.0. The molecule has 0 aliphatic rings. The third-order valence-electron chi connectivity index (χ3n) is 4.72. The summed E-state index contributed by atoms with van der Waals surface area (Å²) in [5.74, 6) is -0.516. The average Bonchev–Trinajstić information content (AvgIpc) is 2.84. The molecule has 0 heterocycles. The van der Waals surface area contributed by atoms with E-state index in [2.05, 4.69) is 15.8 Å². The van der Waals surface area contributed by atoms with Crippen LogP contribution in [0.4, 0.5) is 10.1 Å². The lowest BCUT2D eigenvalue weighted by Gasteiger charge is -2.12. The van der Waals surface area contributed by atoms with Gasteiger partial charge in [0.15, 0.2) is 11.5 Å². The van der Waals surface area contributed by atoms with Crippen molar-refractivity contribution in [1.29, 1.82) is 0 Å². The molecule has 7 nitrogen and oxygen atoms in total. The van der Waals surface area contributed by atoms with Crippen molar-refractivity contribution >= 4 is 46.9 Å². The summed E-state index contributed by atoms with van der Waals surface area (Å²) in [4.78, 5) is 23.9. The van der Waals surface area contributed by atoms with Crippen LogP contribution in [-0.2, 0) is 16.2 Å². The Kier molecular flexibility index (Phi) is 9.46. The number of hydrazone groups is 1. The maximum atomic E-state index is 13.6. The van der Waals surface area contributed by atoms with Gasteiger partial charge in [-0.25, -0.2) is 9.82 Å². The third-order valence-corrected chi connectivity index (χ3v) is 5.30. The van der Waals surface area contributed by atoms with Gasteiger partial charge < -0.3 is 14.8 Å². The highest BCUT2D eigenvalue weighted by Gasteiger charge is 2.10. The van der Waals surface area contributed by atoms with E-state index in [1.807, 2.05) is 0 Å². The van der Waals surface area contributed by atoms with E-state index in [1.54, 1.807) is 42.5 Å². The lowest BCUT2D eigenvalue weighted by atomic mass is 10.2. The molecule has 0 atom stereocenters. The van der Waals surface area contributed by atoms with E-state index in [9.17, 15) is 14.0 Å². The van der Waals surface area contributed by atoms with E-state index < -0.39 is 17.6 Å². The molecule has 0 bridgehead atoms. The predicted octanol–water partition coefficient (Wildman–Crippen LogP) is 5.59. The Balaban J connectivity index is 1.48. The number of benzene rings is 3. The zero-order valence-corrected chi connectivity index (χ0v) is 20.2. The number of hydrogen-bond donors (Lipinski definition) is 2. The van der Waals surface area contributed by atoms with Crippen molar-refractivity contribution in [3.63, 3.8) is 0 Å². The third kappa shape index (κ3) is 7.98. The molecule has 2 N–H and O–H groups in total. The first-order valence-corrected chi connectivity index (χ1v) is 11.2. The molecule has 0 aliphatic carbocycles. The fourth-order valence-electron chi connectivity index (χ4n) is 2.92. The zero-order valence-electron chi connectivity index (χ0n) is 18.7. The van der Waals surface area contributed by atoms with E-state index in [0.29, 0.717) is 27.1 Å². The topological polar surface area (TPSA) is 89.0 Å². The molecule has 2 amide bonds. The maximum absolute atomic E-state index is 13.6. The number of nitrogens with zero attached hydrogens (tertiary/aromatic N) is 1. The number of para-hydroxylation sites is 1. The molecule has 0 radical (unpaired) electrons. The quantitative estimate of drug-likeness (QED) is 0.271. The van der Waals surface area contributed by atoms with Gasteiger partial charge in [-0.2, -0.15) is 5.10 Å². The predicted molar refractivity (Wildman–Crippen MR) is 134 cm³/mol. The van der Waals surface area contributed by atoms with E-state index >= 15 is 0 Å². The van der Waals surface area contributed by atoms with Gasteiger partial charge in [-0.3, -0.25) is 9.59 Å². The van der Waals surface area contributed by atoms with Gasteiger partial charge in [-0.1, -0.05) is 41.4 Å². The summed E-state index contributed by atoms with van der Waals surface area (Å²) in [7, 11) is 1.51. The van der Waals surface area contributed by atoms with Gasteiger partial charge in [0.1, 0.15) is 12.4 Å². The van der Waals surface area contributed by atoms with Crippen molar-refractivity contribution in [1.82, 2.24) is 5.43 Å². The van der Waals surface area contributed by atoms with Crippen LogP contribution in [0.1, 0.15) is 24.0 Å². The molecule has 0 saturated carbocycles. The average molecular weight is 518 g/mol. The zero-order chi connectivity index (χ0) is 25.2. The molecule has 0 spiro atoms. The first-order chi connectivity index (χ1) is 16.9. The van der Waals surface area contributed by atoms with Crippen LogP contribution in [0.15, 0.2) is 65.8 Å². The number of amides is 2. The second-order valence-electron chi connectivity index (χ2n) is 7.26. The highest BCUT2D eigenvalue weighted by Crippen LogP contribution is 2.29. The highest BCUT2D eigenvalue weighted by molar-refractivity contribution is 6.35. The Morgan fingerprint density at radius 3 is 2.51 bits per heavy atom. The van der Waals surface area contributed by atoms with Gasteiger partial charge in [-0.05, 0) is 48.0 Å². The van der Waals surface area contributed by atoms with Crippen molar-refractivity contribution in [2.24, 2.45) is 5.10 Å². The summed E-state index contributed by atoms with van der Waals surface area (Å²) < 4.78 is 24.7. The van der Waals surface area contributed by atoms with E-state index in [0.717, 1.165) is 5.56 Å². The standard InChI is InChI=1S/C25H22Cl2FN3O4/c1-34-23-12-16(6-9-22(23)35-15-17-7-8-18(26)13-19(17)27)14-29-31-25(33)11-10-24(32)30-21-5-3-2-4-20(21)28/h2-9,12-14H,10-11,15H2,1H3,(H,30,32)(H,31,33). The first-order valence-electron chi connectivity index (χ1n) is 10.5. The normalized spacial score (nSPS) is 10.7. The minimum atomic E-state index is -0.546. The monoisotopic (exact) mass is 517 g/mol. The molecule has 0 fully saturated rings. The number of anilines is 1. The Morgan fingerprint density at radius 1 is 1.00 bits per heavy atom. The van der Waals surface area contributed by atoms with Crippen molar-refractivity contribution in [3.8, 4) is 11.5 Å². The highest BCUT2D eigenvalue weighted by atomic mass is 35.5. The van der Waals surface area contributed by atoms with Gasteiger partial charge >= 0.3 is 0 Å². The fraction of sp³-hybridized carbons (Fsp3) is 0.160. The Bertz CT molecular complexity index is 1240. The van der Waals surface area contributed by atoms with Crippen LogP contribution in [0.3, 0.4) is 0 Å². The molecule has 0 saturated heterocycles. The number of carbonyl (C=O) groups is 2. The summed E-state index contributed by atoms with van der Waals surface area (Å²) in [6, 6.07) is 16.1. The minimum absolute atomic E-state index is 0.0635. The minimum Gasteiger partial charge on any atom is -0.493 e. The van der Waals surface area contributed by atoms with Crippen molar-refractivity contribution in [2.75, 3.05) is 12.4 Å². The van der Waals surface area contributed by atoms with Crippen LogP contribution < -0.4 is 20.2 Å². The van der Waals surface area contributed by atoms with E-state index in [4.69, 9.17) is 32.7 Å². The van der Waals surface area contributed by atoms with Crippen LogP contribution >= 0.6 is 23.2 Å². The molecule has 0 unspecified atom stereocenters. The fourth-order valence-corrected chi connectivity index (χ4v) is 3.38. The van der Waals surface area contributed by atoms with Crippen molar-refractivity contribution < 1.29 is 23.5 Å². The summed E-state index contributed by atoms with van der Waals surface area (Å²) in [5, 5.41) is 7.35. The number of methoxy groups -OCH3 is 1. The number of nitrogens with one attached hydrogen (secondary N) is 2. The SMILES string of the molecule is COc1cc(C=NNC(=O)CCC(=O)Nc2ccccc2F)ccc1OCc1ccc(Cl)cc1Cl. The molecular weight excluding hydrogens is 496 g/mol. The molecule has 3 aromatic carbocycles. The molecule has 35 heavy (non-hydrogen) atoms. The number of carbonyl (C=O) groups excluding carboxylic acids is 2. The largest absolute Gasteiger partial charge is 0.493 e. The lowest BCUT2D eigenvalue weighted by Crippen LogP contribution is -2.21. The van der Waals surface area contributed by atoms with Crippen LogP contribution in [0.5, 0.6) is 11.5 Å². The van der Waals surface area contributed by atoms with Crippen LogP contribution in [0.25, 0.3) is 0 Å². The molecule has 3 aromatic rings. The van der Waals surface area contributed by atoms with Gasteiger partial charge in [0.05, 0.1) is 19.0 Å². The van der Waals surface area contributed by atoms with Gasteiger partial charge in [0, 0.05) is 28.5 Å². The summed E-state index contributed by atoms with van der Waals surface area (Å²) in [6.07, 6.45) is 1.20. The van der Waals surface area contributed by atoms with Crippen molar-refractivity contribution in [3.05, 3.63) is 87.7 Å². The number of ether oxygens (including phenoxy) is 2. The summed E-state index contributed by atoms with van der Waals surface area (Å²) >= 11 is 12.1. The summed E-state index contributed by atoms with van der Waals surface area (Å²) in [5.41, 5.74) is 3.84. The van der Waals surface area contributed by atoms with Crippen LogP contribution in [0.2, 0.25) is 10.0 Å². The molecular formula is C25H22Cl2FN3O4. The van der Waals surface area contributed by atoms with Gasteiger partial charge in [-0.15, -0.1) is 0 Å². The lowest BCUT2D eigenvalue weighted by molar-refractivity contribution is -0.124. The van der Waals surface area contributed by atoms with Gasteiger partial charge in [0.2, 0.25) is 11.8 Å². The Hall–Kier alpha value is -3.62. The van der Waals surface area contributed by atoms with Crippen molar-refractivity contribution in [2.45, 2.75) is 19.4 Å². The molecule has 0 aromatic heterocycles. The van der Waals surface area contributed by atoms with E-state index in [1.165, 1.54) is 31.5 Å². The molecule has 182 valence electrons. The number of halogens is 3. The van der Waals surface area contributed by atoms with E-state index in [-0.39, 0.29) is 25.1 Å². The number of hydrogen-bond acceptors (Lipinski definition) is 5. The molecule has 10 heteroatoms. The second-order valence-corrected chi connectivity index (χ2v) is 8.10. The van der Waals surface area contributed by atoms with Gasteiger partial charge in [0.25, 0.3) is 0 Å². The Morgan fingerprint density at radius 2 is 1.77 bits per heavy atom. The smallest absolute Gasteiger partial charge is 0.240 e. The van der Waals surface area contributed by atoms with Crippen LogP contribution in [0, 0.1) is 5.82 Å². The molecule has 3 rings (SSSR count). The number of rotatable bonds is 10. The van der Waals surface area contributed by atoms with Crippen LogP contribution in [-0.4, -0.2) is 25.1 Å².